The molecule has 0 bridgehead atoms. The van der Waals surface area contributed by atoms with Crippen molar-refractivity contribution in [1.82, 2.24) is 14.9 Å². The third-order valence-corrected chi connectivity index (χ3v) is 4.44. The first-order valence-electron chi connectivity index (χ1n) is 6.99. The fourth-order valence-electron chi connectivity index (χ4n) is 3.39. The molecule has 0 saturated heterocycles. The van der Waals surface area contributed by atoms with E-state index in [1.807, 2.05) is 6.20 Å². The summed E-state index contributed by atoms with van der Waals surface area (Å²) in [5, 5.41) is 0. The Kier molecular flexibility index (Phi) is 2.59. The molecule has 3 nitrogen and oxygen atoms in total. The minimum Gasteiger partial charge on any atom is -0.295 e. The Balaban J connectivity index is 1.54. The number of rotatable bonds is 1. The van der Waals surface area contributed by atoms with Gasteiger partial charge in [0.2, 0.25) is 0 Å². The van der Waals surface area contributed by atoms with Gasteiger partial charge in [0.15, 0.2) is 0 Å². The lowest BCUT2D eigenvalue weighted by Crippen LogP contribution is -2.40. The van der Waals surface area contributed by atoms with Crippen LogP contribution in [0.2, 0.25) is 0 Å². The first-order valence-corrected chi connectivity index (χ1v) is 6.99. The summed E-state index contributed by atoms with van der Waals surface area (Å²) in [6.45, 7) is 2.14. The molecular formula is C16H17N3. The van der Waals surface area contributed by atoms with E-state index in [0.29, 0.717) is 6.04 Å². The van der Waals surface area contributed by atoms with E-state index in [0.717, 1.165) is 19.5 Å². The van der Waals surface area contributed by atoms with Crippen molar-refractivity contribution in [3.63, 3.8) is 0 Å². The summed E-state index contributed by atoms with van der Waals surface area (Å²) in [5.74, 6) is 0. The second kappa shape index (κ2) is 4.42. The van der Waals surface area contributed by atoms with Crippen molar-refractivity contribution in [2.75, 3.05) is 6.54 Å². The largest absolute Gasteiger partial charge is 0.295 e. The van der Waals surface area contributed by atoms with Crippen molar-refractivity contribution >= 4 is 0 Å². The van der Waals surface area contributed by atoms with Gasteiger partial charge in [-0.1, -0.05) is 24.3 Å². The van der Waals surface area contributed by atoms with Crippen molar-refractivity contribution in [3.05, 3.63) is 59.2 Å². The van der Waals surface area contributed by atoms with Crippen molar-refractivity contribution in [3.8, 4) is 0 Å². The molecular weight excluding hydrogens is 234 g/mol. The van der Waals surface area contributed by atoms with Crippen LogP contribution in [-0.4, -0.2) is 27.5 Å². The molecule has 2 aromatic rings. The van der Waals surface area contributed by atoms with Crippen molar-refractivity contribution in [1.29, 1.82) is 0 Å². The molecule has 0 spiro atoms. The molecule has 1 aliphatic heterocycles. The first-order chi connectivity index (χ1) is 9.40. The molecule has 0 N–H and O–H groups in total. The van der Waals surface area contributed by atoms with E-state index in [2.05, 4.69) is 39.1 Å². The highest BCUT2D eigenvalue weighted by molar-refractivity contribution is 5.33. The van der Waals surface area contributed by atoms with Crippen LogP contribution in [0, 0.1) is 0 Å². The number of hydrogen-bond donors (Lipinski definition) is 0. The molecule has 0 amide bonds. The van der Waals surface area contributed by atoms with Gasteiger partial charge in [-0.05, 0) is 24.0 Å². The van der Waals surface area contributed by atoms with Gasteiger partial charge in [0, 0.05) is 43.0 Å². The Morgan fingerprint density at radius 2 is 1.84 bits per heavy atom. The minimum absolute atomic E-state index is 0.658. The topological polar surface area (TPSA) is 29.0 Å². The van der Waals surface area contributed by atoms with Crippen molar-refractivity contribution < 1.29 is 0 Å². The van der Waals surface area contributed by atoms with Crippen molar-refractivity contribution in [2.45, 2.75) is 31.8 Å². The predicted octanol–water partition coefficient (Wildman–Crippen LogP) is 2.00. The van der Waals surface area contributed by atoms with Crippen LogP contribution < -0.4 is 0 Å². The van der Waals surface area contributed by atoms with Gasteiger partial charge >= 0.3 is 0 Å². The highest BCUT2D eigenvalue weighted by Crippen LogP contribution is 2.28. The highest BCUT2D eigenvalue weighted by atomic mass is 15.2. The average molecular weight is 251 g/mol. The number of nitrogens with zero attached hydrogens (tertiary/aromatic N) is 3. The molecule has 2 aliphatic rings. The molecule has 4 rings (SSSR count). The standard InChI is InChI=1S/C16H17N3/c1-2-4-13-8-15(7-12(13)3-1)19-6-5-16-14(10-19)9-17-11-18-16/h1-4,9,11,15H,5-8,10H2. The summed E-state index contributed by atoms with van der Waals surface area (Å²) < 4.78 is 0. The first kappa shape index (κ1) is 11.1. The zero-order valence-corrected chi connectivity index (χ0v) is 10.9. The molecule has 0 unspecified atom stereocenters. The molecule has 0 fully saturated rings. The van der Waals surface area contributed by atoms with Crippen LogP contribution in [0.5, 0.6) is 0 Å². The van der Waals surface area contributed by atoms with Crippen LogP contribution in [0.4, 0.5) is 0 Å². The van der Waals surface area contributed by atoms with Crippen molar-refractivity contribution in [2.24, 2.45) is 0 Å². The number of aromatic nitrogens is 2. The molecule has 0 radical (unpaired) electrons. The lowest BCUT2D eigenvalue weighted by molar-refractivity contribution is 0.182. The van der Waals surface area contributed by atoms with E-state index in [9.17, 15) is 0 Å². The maximum atomic E-state index is 4.38. The number of benzene rings is 1. The van der Waals surface area contributed by atoms with Crippen LogP contribution in [0.25, 0.3) is 0 Å². The summed E-state index contributed by atoms with van der Waals surface area (Å²) in [7, 11) is 0. The summed E-state index contributed by atoms with van der Waals surface area (Å²) >= 11 is 0. The molecule has 0 atom stereocenters. The molecule has 2 heterocycles. The third-order valence-electron chi connectivity index (χ3n) is 4.44. The molecule has 1 aromatic heterocycles. The van der Waals surface area contributed by atoms with E-state index in [4.69, 9.17) is 0 Å². The fourth-order valence-corrected chi connectivity index (χ4v) is 3.39. The predicted molar refractivity (Wildman–Crippen MR) is 73.8 cm³/mol. The molecule has 3 heteroatoms. The summed E-state index contributed by atoms with van der Waals surface area (Å²) in [6, 6.07) is 9.51. The van der Waals surface area contributed by atoms with E-state index < -0.39 is 0 Å². The zero-order chi connectivity index (χ0) is 12.7. The summed E-state index contributed by atoms with van der Waals surface area (Å²) in [6.07, 6.45) is 7.10. The normalized spacial score (nSPS) is 19.2. The smallest absolute Gasteiger partial charge is 0.115 e. The Bertz CT molecular complexity index is 583. The monoisotopic (exact) mass is 251 g/mol. The quantitative estimate of drug-likeness (QED) is 0.776. The van der Waals surface area contributed by atoms with Crippen LogP contribution in [0.1, 0.15) is 22.4 Å². The van der Waals surface area contributed by atoms with Gasteiger partial charge in [0.1, 0.15) is 6.33 Å². The molecule has 0 saturated carbocycles. The molecule has 96 valence electrons. The second-order valence-corrected chi connectivity index (χ2v) is 5.55. The van der Waals surface area contributed by atoms with E-state index >= 15 is 0 Å². The number of fused-ring (bicyclic) bond motifs is 2. The lowest BCUT2D eigenvalue weighted by Gasteiger charge is -2.32. The Morgan fingerprint density at radius 1 is 1.05 bits per heavy atom. The average Bonchev–Trinajstić information content (AvgIpc) is 2.90. The summed E-state index contributed by atoms with van der Waals surface area (Å²) in [5.41, 5.74) is 5.61. The van der Waals surface area contributed by atoms with Gasteiger partial charge in [-0.25, -0.2) is 9.97 Å². The lowest BCUT2D eigenvalue weighted by atomic mass is 10.0. The molecule has 1 aromatic carbocycles. The Labute approximate surface area is 113 Å². The Morgan fingerprint density at radius 3 is 2.63 bits per heavy atom. The van der Waals surface area contributed by atoms with Gasteiger partial charge in [-0.15, -0.1) is 0 Å². The van der Waals surface area contributed by atoms with Gasteiger partial charge < -0.3 is 0 Å². The van der Waals surface area contributed by atoms with Gasteiger partial charge in [-0.2, -0.15) is 0 Å². The van der Waals surface area contributed by atoms with Gasteiger partial charge in [-0.3, -0.25) is 4.90 Å². The van der Waals surface area contributed by atoms with Crippen LogP contribution in [-0.2, 0) is 25.8 Å². The third kappa shape index (κ3) is 1.94. The zero-order valence-electron chi connectivity index (χ0n) is 10.9. The maximum absolute atomic E-state index is 4.38. The van der Waals surface area contributed by atoms with Gasteiger partial charge in [0.25, 0.3) is 0 Å². The highest BCUT2D eigenvalue weighted by Gasteiger charge is 2.29. The fraction of sp³-hybridized carbons (Fsp3) is 0.375. The second-order valence-electron chi connectivity index (χ2n) is 5.55. The Hall–Kier alpha value is -1.74. The van der Waals surface area contributed by atoms with E-state index in [1.54, 1.807) is 6.33 Å². The maximum Gasteiger partial charge on any atom is 0.115 e. The molecule has 19 heavy (non-hydrogen) atoms. The SMILES string of the molecule is c1ccc2c(c1)CC(N1CCc3ncncc3C1)C2. The van der Waals surface area contributed by atoms with E-state index in [-0.39, 0.29) is 0 Å². The van der Waals surface area contributed by atoms with Crippen LogP contribution >= 0.6 is 0 Å². The molecule has 1 aliphatic carbocycles. The van der Waals surface area contributed by atoms with E-state index in [1.165, 1.54) is 35.2 Å². The van der Waals surface area contributed by atoms with Crippen LogP contribution in [0.3, 0.4) is 0 Å². The van der Waals surface area contributed by atoms with Crippen LogP contribution in [0.15, 0.2) is 36.8 Å². The van der Waals surface area contributed by atoms with Gasteiger partial charge in [0.05, 0.1) is 0 Å². The summed E-state index contributed by atoms with van der Waals surface area (Å²) in [4.78, 5) is 11.1. The minimum atomic E-state index is 0.658. The number of hydrogen-bond acceptors (Lipinski definition) is 3.